The van der Waals surface area contributed by atoms with E-state index in [0.717, 1.165) is 17.0 Å². The van der Waals surface area contributed by atoms with Crippen LogP contribution in [0.3, 0.4) is 0 Å². The van der Waals surface area contributed by atoms with Crippen molar-refractivity contribution < 1.29 is 9.47 Å². The summed E-state index contributed by atoms with van der Waals surface area (Å²) in [6.07, 6.45) is 6.31. The minimum absolute atomic E-state index is 0.0434. The van der Waals surface area contributed by atoms with E-state index >= 15 is 0 Å². The van der Waals surface area contributed by atoms with E-state index in [4.69, 9.17) is 9.47 Å². The second-order valence-corrected chi connectivity index (χ2v) is 8.99. The van der Waals surface area contributed by atoms with E-state index in [1.165, 1.54) is 16.5 Å². The molecule has 1 aliphatic heterocycles. The smallest absolute Gasteiger partial charge is 0.227 e. The summed E-state index contributed by atoms with van der Waals surface area (Å²) in [5, 5.41) is 0. The number of benzene rings is 1. The normalized spacial score (nSPS) is 21.6. The lowest BCUT2D eigenvalue weighted by atomic mass is 9.30. The molecular formula is C23H30B2O2. The lowest BCUT2D eigenvalue weighted by Gasteiger charge is -2.40. The van der Waals surface area contributed by atoms with Crippen LogP contribution in [0.2, 0.25) is 5.82 Å². The zero-order valence-electron chi connectivity index (χ0n) is 17.5. The van der Waals surface area contributed by atoms with Crippen LogP contribution in [0.25, 0.3) is 0 Å². The van der Waals surface area contributed by atoms with E-state index in [1.54, 1.807) is 0 Å². The van der Waals surface area contributed by atoms with Crippen LogP contribution >= 0.6 is 0 Å². The Labute approximate surface area is 165 Å². The van der Waals surface area contributed by atoms with Gasteiger partial charge in [0.2, 0.25) is 6.71 Å². The first-order valence-electron chi connectivity index (χ1n) is 9.80. The van der Waals surface area contributed by atoms with Gasteiger partial charge in [0, 0.05) is 5.82 Å². The van der Waals surface area contributed by atoms with Crippen molar-refractivity contribution in [3.63, 3.8) is 0 Å². The summed E-state index contributed by atoms with van der Waals surface area (Å²) >= 11 is 0. The molecule has 2 atom stereocenters. The molecule has 0 bridgehead atoms. The third-order valence-electron chi connectivity index (χ3n) is 5.37. The van der Waals surface area contributed by atoms with Gasteiger partial charge in [-0.25, -0.2) is 0 Å². The SMILES string of the molecule is BC1=CC(OC(C)C)C2B(C(=C)C=C)c3cc(C(C)(C)C)ccc3OC2=C1. The van der Waals surface area contributed by atoms with E-state index in [-0.39, 0.29) is 30.2 Å². The van der Waals surface area contributed by atoms with Crippen LogP contribution in [0.15, 0.2) is 66.3 Å². The molecule has 27 heavy (non-hydrogen) atoms. The zero-order chi connectivity index (χ0) is 19.9. The first kappa shape index (κ1) is 19.8. The number of ether oxygens (including phenoxy) is 2. The van der Waals surface area contributed by atoms with Gasteiger partial charge in [-0.3, -0.25) is 0 Å². The summed E-state index contributed by atoms with van der Waals surface area (Å²) in [5.74, 6) is 1.95. The topological polar surface area (TPSA) is 18.5 Å². The van der Waals surface area contributed by atoms with Crippen molar-refractivity contribution in [2.45, 2.75) is 58.1 Å². The molecule has 0 amide bonds. The maximum absolute atomic E-state index is 6.38. The van der Waals surface area contributed by atoms with Crippen molar-refractivity contribution in [3.05, 3.63) is 71.9 Å². The average Bonchev–Trinajstić information content (AvgIpc) is 2.57. The van der Waals surface area contributed by atoms with Crippen LogP contribution in [0, 0.1) is 0 Å². The monoisotopic (exact) mass is 360 g/mol. The molecule has 1 aromatic carbocycles. The molecule has 1 aliphatic carbocycles. The summed E-state index contributed by atoms with van der Waals surface area (Å²) in [4.78, 5) is 0. The molecule has 3 rings (SSSR count). The second kappa shape index (κ2) is 7.24. The highest BCUT2D eigenvalue weighted by Gasteiger charge is 2.45. The molecule has 0 saturated carbocycles. The summed E-state index contributed by atoms with van der Waals surface area (Å²) < 4.78 is 12.7. The molecule has 140 valence electrons. The quantitative estimate of drug-likeness (QED) is 0.598. The van der Waals surface area contributed by atoms with Gasteiger partial charge in [0.1, 0.15) is 19.4 Å². The molecule has 4 heteroatoms. The van der Waals surface area contributed by atoms with Gasteiger partial charge in [-0.1, -0.05) is 62.6 Å². The van der Waals surface area contributed by atoms with Gasteiger partial charge >= 0.3 is 0 Å². The molecule has 0 N–H and O–H groups in total. The Morgan fingerprint density at radius 2 is 2.04 bits per heavy atom. The van der Waals surface area contributed by atoms with Crippen molar-refractivity contribution in [1.82, 2.24) is 0 Å². The molecule has 2 aliphatic rings. The van der Waals surface area contributed by atoms with E-state index < -0.39 is 0 Å². The third kappa shape index (κ3) is 3.87. The van der Waals surface area contributed by atoms with Gasteiger partial charge in [-0.2, -0.15) is 0 Å². The number of allylic oxidation sites excluding steroid dienone is 4. The molecule has 0 fully saturated rings. The first-order chi connectivity index (χ1) is 12.6. The Morgan fingerprint density at radius 1 is 1.33 bits per heavy atom. The highest BCUT2D eigenvalue weighted by atomic mass is 16.5. The predicted octanol–water partition coefficient (Wildman–Crippen LogP) is 3.94. The molecule has 0 spiro atoms. The molecule has 0 saturated heterocycles. The first-order valence-corrected chi connectivity index (χ1v) is 9.80. The van der Waals surface area contributed by atoms with Crippen LogP contribution in [-0.2, 0) is 10.2 Å². The third-order valence-corrected chi connectivity index (χ3v) is 5.37. The lowest BCUT2D eigenvalue weighted by molar-refractivity contribution is 0.0298. The molecule has 2 nitrogen and oxygen atoms in total. The number of hydrogen-bond acceptors (Lipinski definition) is 2. The number of fused-ring (bicyclic) bond motifs is 2. The van der Waals surface area contributed by atoms with Crippen molar-refractivity contribution >= 4 is 20.0 Å². The van der Waals surface area contributed by atoms with Gasteiger partial charge in [-0.05, 0) is 42.4 Å². The van der Waals surface area contributed by atoms with Crippen molar-refractivity contribution in [2.24, 2.45) is 0 Å². The van der Waals surface area contributed by atoms with E-state index in [1.807, 2.05) is 6.08 Å². The van der Waals surface area contributed by atoms with E-state index in [0.29, 0.717) is 0 Å². The molecule has 0 radical (unpaired) electrons. The minimum atomic E-state index is -0.0434. The number of rotatable bonds is 4. The van der Waals surface area contributed by atoms with Gasteiger partial charge in [0.05, 0.1) is 12.2 Å². The van der Waals surface area contributed by atoms with Crippen LogP contribution in [0.4, 0.5) is 0 Å². The summed E-state index contributed by atoms with van der Waals surface area (Å²) in [6.45, 7) is 19.3. The van der Waals surface area contributed by atoms with Crippen LogP contribution < -0.4 is 10.2 Å². The highest BCUT2D eigenvalue weighted by Crippen LogP contribution is 2.42. The zero-order valence-corrected chi connectivity index (χ0v) is 17.5. The van der Waals surface area contributed by atoms with Gasteiger partial charge in [0.25, 0.3) is 0 Å². The van der Waals surface area contributed by atoms with Crippen molar-refractivity contribution in [2.75, 3.05) is 0 Å². The average molecular weight is 360 g/mol. The van der Waals surface area contributed by atoms with Crippen LogP contribution in [0.5, 0.6) is 5.75 Å². The minimum Gasteiger partial charge on any atom is -0.463 e. The predicted molar refractivity (Wildman–Crippen MR) is 119 cm³/mol. The standard InChI is InChI=1S/C23H30B2O2/c1-8-15(4)25-18-11-16(23(5,6)7)9-10-19(18)27-21-13-17(24)12-20(22(21)25)26-14(2)3/h8-14,20,22H,1,4,24H2,2-3,5-7H3. The Morgan fingerprint density at radius 3 is 2.63 bits per heavy atom. The maximum atomic E-state index is 6.38. The largest absolute Gasteiger partial charge is 0.463 e. The molecule has 2 unspecified atom stereocenters. The summed E-state index contributed by atoms with van der Waals surface area (Å²) in [7, 11) is 2.10. The molecule has 1 heterocycles. The molecule has 0 aromatic heterocycles. The van der Waals surface area contributed by atoms with E-state index in [2.05, 4.69) is 86.0 Å². The number of hydrogen-bond donors (Lipinski definition) is 0. The molecule has 1 aromatic rings. The van der Waals surface area contributed by atoms with Crippen molar-refractivity contribution in [1.29, 1.82) is 0 Å². The molecular weight excluding hydrogens is 330 g/mol. The highest BCUT2D eigenvalue weighted by molar-refractivity contribution is 6.83. The Hall–Kier alpha value is -1.93. The fourth-order valence-corrected chi connectivity index (χ4v) is 4.01. The van der Waals surface area contributed by atoms with Crippen LogP contribution in [0.1, 0.15) is 40.2 Å². The fourth-order valence-electron chi connectivity index (χ4n) is 4.01. The van der Waals surface area contributed by atoms with Gasteiger partial charge < -0.3 is 9.47 Å². The van der Waals surface area contributed by atoms with Crippen molar-refractivity contribution in [3.8, 4) is 5.75 Å². The summed E-state index contributed by atoms with van der Waals surface area (Å²) in [5.41, 5.74) is 4.72. The van der Waals surface area contributed by atoms with E-state index in [9.17, 15) is 0 Å². The van der Waals surface area contributed by atoms with Gasteiger partial charge in [0.15, 0.2) is 0 Å². The van der Waals surface area contributed by atoms with Gasteiger partial charge in [-0.15, -0.1) is 6.58 Å². The second-order valence-electron chi connectivity index (χ2n) is 8.99. The summed E-state index contributed by atoms with van der Waals surface area (Å²) in [6, 6.07) is 6.55. The van der Waals surface area contributed by atoms with Crippen LogP contribution in [-0.4, -0.2) is 26.8 Å². The fraction of sp³-hybridized carbons (Fsp3) is 0.391. The lowest BCUT2D eigenvalue weighted by Crippen LogP contribution is -2.49. The Kier molecular flexibility index (Phi) is 5.31. The Bertz CT molecular complexity index is 827. The Balaban J connectivity index is 2.16. The maximum Gasteiger partial charge on any atom is 0.227 e.